The van der Waals surface area contributed by atoms with E-state index in [1.165, 1.54) is 0 Å². The van der Waals surface area contributed by atoms with Crippen LogP contribution in [0.5, 0.6) is 5.75 Å². The molecule has 1 rings (SSSR count). The normalized spacial score (nSPS) is 11.6. The number of oxime groups is 1. The van der Waals surface area contributed by atoms with Gasteiger partial charge in [0.05, 0.1) is 12.3 Å². The predicted molar refractivity (Wildman–Crippen MR) is 77.9 cm³/mol. The first-order chi connectivity index (χ1) is 9.83. The van der Waals surface area contributed by atoms with E-state index in [0.29, 0.717) is 44.3 Å². The van der Waals surface area contributed by atoms with Crippen molar-refractivity contribution < 1.29 is 19.4 Å². The van der Waals surface area contributed by atoms with E-state index in [4.69, 9.17) is 19.4 Å². The third kappa shape index (κ3) is 5.59. The maximum Gasteiger partial charge on any atom is 0.128 e. The van der Waals surface area contributed by atoms with Crippen LogP contribution in [0.15, 0.2) is 29.4 Å². The van der Waals surface area contributed by atoms with E-state index < -0.39 is 0 Å². The van der Waals surface area contributed by atoms with Gasteiger partial charge in [0, 0.05) is 25.9 Å². The zero-order valence-electron chi connectivity index (χ0n) is 12.2. The van der Waals surface area contributed by atoms with Gasteiger partial charge in [0.15, 0.2) is 0 Å². The highest BCUT2D eigenvalue weighted by Gasteiger charge is 2.08. The van der Waals surface area contributed by atoms with Gasteiger partial charge < -0.3 is 19.4 Å². The van der Waals surface area contributed by atoms with E-state index >= 15 is 0 Å². The highest BCUT2D eigenvalue weighted by atomic mass is 16.5. The summed E-state index contributed by atoms with van der Waals surface area (Å²) in [5, 5.41) is 12.3. The fourth-order valence-electron chi connectivity index (χ4n) is 1.76. The molecule has 0 atom stereocenters. The van der Waals surface area contributed by atoms with Crippen molar-refractivity contribution in [2.75, 3.05) is 33.5 Å². The average Bonchev–Trinajstić information content (AvgIpc) is 2.49. The molecular weight excluding hydrogens is 258 g/mol. The molecule has 0 aliphatic rings. The summed E-state index contributed by atoms with van der Waals surface area (Å²) in [6.07, 6.45) is 1.52. The molecule has 0 aromatic heterocycles. The van der Waals surface area contributed by atoms with E-state index in [0.717, 1.165) is 12.0 Å². The third-order valence-corrected chi connectivity index (χ3v) is 2.78. The minimum atomic E-state index is 0.465. The van der Waals surface area contributed by atoms with Gasteiger partial charge in [-0.05, 0) is 25.0 Å². The molecule has 5 heteroatoms. The molecule has 1 aromatic carbocycles. The third-order valence-electron chi connectivity index (χ3n) is 2.78. The van der Waals surface area contributed by atoms with E-state index in [2.05, 4.69) is 5.16 Å². The van der Waals surface area contributed by atoms with E-state index in [1.54, 1.807) is 7.11 Å². The second-order valence-corrected chi connectivity index (χ2v) is 4.20. The van der Waals surface area contributed by atoms with Crippen molar-refractivity contribution in [1.82, 2.24) is 0 Å². The Balaban J connectivity index is 2.40. The minimum Gasteiger partial charge on any atom is -0.490 e. The van der Waals surface area contributed by atoms with Gasteiger partial charge in [-0.1, -0.05) is 24.2 Å². The number of benzene rings is 1. The molecule has 0 radical (unpaired) electrons. The first-order valence-corrected chi connectivity index (χ1v) is 6.83. The molecule has 0 unspecified atom stereocenters. The number of hydrogen-bond acceptors (Lipinski definition) is 5. The topological polar surface area (TPSA) is 60.3 Å². The average molecular weight is 281 g/mol. The van der Waals surface area contributed by atoms with E-state index in [-0.39, 0.29) is 0 Å². The van der Waals surface area contributed by atoms with Crippen LogP contribution in [0, 0.1) is 0 Å². The van der Waals surface area contributed by atoms with Crippen molar-refractivity contribution in [2.24, 2.45) is 5.16 Å². The summed E-state index contributed by atoms with van der Waals surface area (Å²) in [4.78, 5) is 0. The quantitative estimate of drug-likeness (QED) is 0.310. The summed E-state index contributed by atoms with van der Waals surface area (Å²) >= 11 is 0. The van der Waals surface area contributed by atoms with Crippen molar-refractivity contribution >= 4 is 5.71 Å². The van der Waals surface area contributed by atoms with Crippen LogP contribution in [0.4, 0.5) is 0 Å². The summed E-state index contributed by atoms with van der Waals surface area (Å²) in [6.45, 7) is 4.29. The molecule has 0 bridgehead atoms. The Morgan fingerprint density at radius 1 is 1.15 bits per heavy atom. The highest BCUT2D eigenvalue weighted by Crippen LogP contribution is 2.20. The Morgan fingerprint density at radius 3 is 2.65 bits per heavy atom. The number of rotatable bonds is 10. The summed E-state index contributed by atoms with van der Waals surface area (Å²) in [7, 11) is 1.67. The van der Waals surface area contributed by atoms with Gasteiger partial charge in [-0.2, -0.15) is 0 Å². The standard InChI is InChI=1S/C15H23NO4/c1-3-14(16-17)13-7-4-5-8-15(13)20-12-11-19-10-6-9-18-2/h4-5,7-8,17H,3,6,9-12H2,1-2H3/b16-14-. The number of hydrogen-bond donors (Lipinski definition) is 1. The van der Waals surface area contributed by atoms with Crippen LogP contribution in [-0.2, 0) is 9.47 Å². The Bertz CT molecular complexity index is 407. The molecule has 0 aliphatic heterocycles. The van der Waals surface area contributed by atoms with Crippen LogP contribution >= 0.6 is 0 Å². The monoisotopic (exact) mass is 281 g/mol. The zero-order valence-corrected chi connectivity index (χ0v) is 12.2. The summed E-state index contributed by atoms with van der Waals surface area (Å²) < 4.78 is 16.0. The van der Waals surface area contributed by atoms with Crippen molar-refractivity contribution in [3.05, 3.63) is 29.8 Å². The molecule has 0 spiro atoms. The fraction of sp³-hybridized carbons (Fsp3) is 0.533. The molecule has 1 N–H and O–H groups in total. The van der Waals surface area contributed by atoms with Gasteiger partial charge >= 0.3 is 0 Å². The Labute approximate surface area is 120 Å². The lowest BCUT2D eigenvalue weighted by molar-refractivity contribution is 0.0806. The van der Waals surface area contributed by atoms with Crippen LogP contribution in [0.3, 0.4) is 0 Å². The molecule has 0 fully saturated rings. The number of para-hydroxylation sites is 1. The molecule has 112 valence electrons. The molecule has 0 heterocycles. The van der Waals surface area contributed by atoms with Crippen molar-refractivity contribution in [3.63, 3.8) is 0 Å². The molecule has 0 saturated carbocycles. The molecule has 0 amide bonds. The summed E-state index contributed by atoms with van der Waals surface area (Å²) in [5.74, 6) is 0.711. The number of nitrogens with zero attached hydrogens (tertiary/aromatic N) is 1. The second kappa shape index (κ2) is 10.2. The molecule has 5 nitrogen and oxygen atoms in total. The maximum absolute atomic E-state index is 8.99. The molecule has 0 saturated heterocycles. The Kier molecular flexibility index (Phi) is 8.42. The highest BCUT2D eigenvalue weighted by molar-refractivity contribution is 6.02. The van der Waals surface area contributed by atoms with Crippen LogP contribution in [-0.4, -0.2) is 44.5 Å². The van der Waals surface area contributed by atoms with Gasteiger partial charge in [0.2, 0.25) is 0 Å². The number of ether oxygens (including phenoxy) is 3. The Morgan fingerprint density at radius 2 is 1.95 bits per heavy atom. The molecule has 1 aromatic rings. The Hall–Kier alpha value is -1.59. The van der Waals surface area contributed by atoms with Crippen LogP contribution in [0.25, 0.3) is 0 Å². The lowest BCUT2D eigenvalue weighted by atomic mass is 10.1. The van der Waals surface area contributed by atoms with E-state index in [1.807, 2.05) is 31.2 Å². The molecule has 20 heavy (non-hydrogen) atoms. The lowest BCUT2D eigenvalue weighted by Gasteiger charge is -2.11. The van der Waals surface area contributed by atoms with Gasteiger partial charge in [-0.15, -0.1) is 0 Å². The van der Waals surface area contributed by atoms with Crippen molar-refractivity contribution in [3.8, 4) is 5.75 Å². The largest absolute Gasteiger partial charge is 0.490 e. The van der Waals surface area contributed by atoms with Crippen LogP contribution in [0.1, 0.15) is 25.3 Å². The van der Waals surface area contributed by atoms with Gasteiger partial charge in [-0.25, -0.2) is 0 Å². The van der Waals surface area contributed by atoms with Crippen molar-refractivity contribution in [1.29, 1.82) is 0 Å². The van der Waals surface area contributed by atoms with Gasteiger partial charge in [0.25, 0.3) is 0 Å². The minimum absolute atomic E-state index is 0.465. The van der Waals surface area contributed by atoms with Crippen LogP contribution < -0.4 is 4.74 Å². The first kappa shape index (κ1) is 16.5. The van der Waals surface area contributed by atoms with Crippen LogP contribution in [0.2, 0.25) is 0 Å². The van der Waals surface area contributed by atoms with E-state index in [9.17, 15) is 0 Å². The zero-order chi connectivity index (χ0) is 14.6. The summed E-state index contributed by atoms with van der Waals surface area (Å²) in [6, 6.07) is 7.53. The fourth-order valence-corrected chi connectivity index (χ4v) is 1.76. The van der Waals surface area contributed by atoms with Gasteiger partial charge in [-0.3, -0.25) is 0 Å². The lowest BCUT2D eigenvalue weighted by Crippen LogP contribution is -2.11. The maximum atomic E-state index is 8.99. The SMILES string of the molecule is CC/C(=N/O)c1ccccc1OCCOCCCOC. The van der Waals surface area contributed by atoms with Gasteiger partial charge in [0.1, 0.15) is 12.4 Å². The summed E-state index contributed by atoms with van der Waals surface area (Å²) in [5.41, 5.74) is 1.43. The molecule has 0 aliphatic carbocycles. The molecular formula is C15H23NO4. The smallest absolute Gasteiger partial charge is 0.128 e. The predicted octanol–water partition coefficient (Wildman–Crippen LogP) is 2.71. The number of methoxy groups -OCH3 is 1. The second-order valence-electron chi connectivity index (χ2n) is 4.20. The first-order valence-electron chi connectivity index (χ1n) is 6.83. The van der Waals surface area contributed by atoms with Crippen molar-refractivity contribution in [2.45, 2.75) is 19.8 Å².